The lowest BCUT2D eigenvalue weighted by atomic mass is 10.1. The van der Waals surface area contributed by atoms with Gasteiger partial charge in [-0.15, -0.1) is 10.2 Å². The van der Waals surface area contributed by atoms with Crippen molar-refractivity contribution in [2.75, 3.05) is 18.1 Å². The van der Waals surface area contributed by atoms with Gasteiger partial charge in [0.2, 0.25) is 11.0 Å². The van der Waals surface area contributed by atoms with Crippen LogP contribution in [0.3, 0.4) is 0 Å². The standard InChI is InChI=1S/C7H8BrN3O2S/c8-6-9-10-7(14-6)11-2-4(3-12)1-5(11)13/h4,12H,1-3H2. The van der Waals surface area contributed by atoms with Gasteiger partial charge in [-0.3, -0.25) is 9.69 Å². The van der Waals surface area contributed by atoms with Gasteiger partial charge in [0.15, 0.2) is 3.92 Å². The monoisotopic (exact) mass is 277 g/mol. The Labute approximate surface area is 92.9 Å². The van der Waals surface area contributed by atoms with Crippen LogP contribution >= 0.6 is 27.3 Å². The quantitative estimate of drug-likeness (QED) is 0.862. The van der Waals surface area contributed by atoms with Crippen molar-refractivity contribution >= 4 is 38.3 Å². The molecule has 1 N–H and O–H groups in total. The summed E-state index contributed by atoms with van der Waals surface area (Å²) in [6.45, 7) is 0.583. The Morgan fingerprint density at radius 1 is 1.64 bits per heavy atom. The van der Waals surface area contributed by atoms with E-state index in [1.165, 1.54) is 11.3 Å². The summed E-state index contributed by atoms with van der Waals surface area (Å²) >= 11 is 4.51. The van der Waals surface area contributed by atoms with E-state index < -0.39 is 0 Å². The molecule has 1 aliphatic heterocycles. The van der Waals surface area contributed by atoms with Crippen molar-refractivity contribution in [3.8, 4) is 0 Å². The van der Waals surface area contributed by atoms with E-state index in [9.17, 15) is 4.79 Å². The highest BCUT2D eigenvalue weighted by atomic mass is 79.9. The number of aliphatic hydroxyl groups is 1. The van der Waals surface area contributed by atoms with E-state index in [1.54, 1.807) is 4.90 Å². The second-order valence-corrected chi connectivity index (χ2v) is 5.33. The third kappa shape index (κ3) is 1.79. The summed E-state index contributed by atoms with van der Waals surface area (Å²) in [5.74, 6) is 0.0397. The maximum absolute atomic E-state index is 11.5. The maximum Gasteiger partial charge on any atom is 0.229 e. The van der Waals surface area contributed by atoms with Crippen LogP contribution in [-0.2, 0) is 4.79 Å². The highest BCUT2D eigenvalue weighted by Crippen LogP contribution is 2.29. The van der Waals surface area contributed by atoms with Crippen LogP contribution in [0.4, 0.5) is 5.13 Å². The zero-order valence-corrected chi connectivity index (χ0v) is 9.58. The molecular weight excluding hydrogens is 270 g/mol. The molecule has 1 unspecified atom stereocenters. The molecule has 0 bridgehead atoms. The number of halogens is 1. The third-order valence-electron chi connectivity index (χ3n) is 2.08. The van der Waals surface area contributed by atoms with Crippen molar-refractivity contribution in [2.45, 2.75) is 6.42 Å². The highest BCUT2D eigenvalue weighted by molar-refractivity contribution is 9.11. The highest BCUT2D eigenvalue weighted by Gasteiger charge is 2.31. The molecule has 2 heterocycles. The summed E-state index contributed by atoms with van der Waals surface area (Å²) in [5.41, 5.74) is 0. The molecule has 0 saturated carbocycles. The molecule has 0 aromatic carbocycles. The van der Waals surface area contributed by atoms with Crippen LogP contribution in [0.1, 0.15) is 6.42 Å². The minimum absolute atomic E-state index is 0.00713. The molecule has 7 heteroatoms. The normalized spacial score (nSPS) is 22.0. The van der Waals surface area contributed by atoms with Crippen LogP contribution in [0.25, 0.3) is 0 Å². The lowest BCUT2D eigenvalue weighted by molar-refractivity contribution is -0.117. The largest absolute Gasteiger partial charge is 0.396 e. The van der Waals surface area contributed by atoms with Crippen LogP contribution in [-0.4, -0.2) is 34.4 Å². The SMILES string of the molecule is O=C1CC(CO)CN1c1nnc(Br)s1. The van der Waals surface area contributed by atoms with E-state index >= 15 is 0 Å². The summed E-state index contributed by atoms with van der Waals surface area (Å²) in [4.78, 5) is 13.1. The minimum Gasteiger partial charge on any atom is -0.396 e. The van der Waals surface area contributed by atoms with Gasteiger partial charge >= 0.3 is 0 Å². The van der Waals surface area contributed by atoms with E-state index in [2.05, 4.69) is 26.1 Å². The second-order valence-electron chi connectivity index (χ2n) is 3.09. The van der Waals surface area contributed by atoms with Gasteiger partial charge in [-0.25, -0.2) is 0 Å². The molecule has 1 aromatic rings. The fraction of sp³-hybridized carbons (Fsp3) is 0.571. The molecule has 76 valence electrons. The molecule has 1 fully saturated rings. The van der Waals surface area contributed by atoms with Gasteiger partial charge in [0.25, 0.3) is 0 Å². The summed E-state index contributed by atoms with van der Waals surface area (Å²) in [7, 11) is 0. The van der Waals surface area contributed by atoms with Crippen molar-refractivity contribution < 1.29 is 9.90 Å². The van der Waals surface area contributed by atoms with Crippen molar-refractivity contribution in [3.05, 3.63) is 3.92 Å². The number of aliphatic hydroxyl groups excluding tert-OH is 1. The zero-order chi connectivity index (χ0) is 10.1. The van der Waals surface area contributed by atoms with Gasteiger partial charge in [-0.1, -0.05) is 11.3 Å². The lowest BCUT2D eigenvalue weighted by Gasteiger charge is -2.10. The smallest absolute Gasteiger partial charge is 0.229 e. The topological polar surface area (TPSA) is 66.3 Å². The first-order chi connectivity index (χ1) is 6.70. The molecule has 1 saturated heterocycles. The number of aromatic nitrogens is 2. The molecule has 2 rings (SSSR count). The number of anilines is 1. The fourth-order valence-electron chi connectivity index (χ4n) is 1.40. The first-order valence-electron chi connectivity index (χ1n) is 4.11. The first kappa shape index (κ1) is 10.0. The van der Waals surface area contributed by atoms with Crippen LogP contribution in [0.2, 0.25) is 0 Å². The van der Waals surface area contributed by atoms with Gasteiger partial charge in [-0.05, 0) is 15.9 Å². The van der Waals surface area contributed by atoms with Crippen LogP contribution in [0.5, 0.6) is 0 Å². The van der Waals surface area contributed by atoms with Crippen LogP contribution in [0, 0.1) is 5.92 Å². The Hall–Kier alpha value is -0.530. The number of hydrogen-bond donors (Lipinski definition) is 1. The summed E-state index contributed by atoms with van der Waals surface area (Å²) < 4.78 is 0.660. The molecular formula is C7H8BrN3O2S. The predicted octanol–water partition coefficient (Wildman–Crippen LogP) is 0.646. The Balaban J connectivity index is 2.16. The molecule has 5 nitrogen and oxygen atoms in total. The minimum atomic E-state index is 0.00713. The first-order valence-corrected chi connectivity index (χ1v) is 5.72. The van der Waals surface area contributed by atoms with E-state index in [0.717, 1.165) is 0 Å². The Morgan fingerprint density at radius 2 is 2.43 bits per heavy atom. The molecule has 1 atom stereocenters. The number of amides is 1. The van der Waals surface area contributed by atoms with Crippen molar-refractivity contribution in [3.63, 3.8) is 0 Å². The van der Waals surface area contributed by atoms with Crippen LogP contribution < -0.4 is 4.90 Å². The van der Waals surface area contributed by atoms with Gasteiger partial charge in [0.1, 0.15) is 0 Å². The molecule has 1 aliphatic rings. The number of nitrogens with zero attached hydrogens (tertiary/aromatic N) is 3. The molecule has 1 amide bonds. The van der Waals surface area contributed by atoms with Gasteiger partial charge in [0, 0.05) is 25.5 Å². The van der Waals surface area contributed by atoms with E-state index in [0.29, 0.717) is 22.0 Å². The molecule has 1 aromatic heterocycles. The van der Waals surface area contributed by atoms with Crippen molar-refractivity contribution in [2.24, 2.45) is 5.92 Å². The predicted molar refractivity (Wildman–Crippen MR) is 55.2 cm³/mol. The van der Waals surface area contributed by atoms with E-state index in [1.807, 2.05) is 0 Å². The van der Waals surface area contributed by atoms with Gasteiger partial charge in [-0.2, -0.15) is 0 Å². The fourth-order valence-corrected chi connectivity index (χ4v) is 2.51. The average molecular weight is 278 g/mol. The van der Waals surface area contributed by atoms with Crippen molar-refractivity contribution in [1.29, 1.82) is 0 Å². The Morgan fingerprint density at radius 3 is 2.93 bits per heavy atom. The number of rotatable bonds is 2. The average Bonchev–Trinajstić information content (AvgIpc) is 2.71. The Kier molecular flexibility index (Phi) is 2.80. The van der Waals surface area contributed by atoms with Gasteiger partial charge < -0.3 is 5.11 Å². The van der Waals surface area contributed by atoms with Crippen LogP contribution in [0.15, 0.2) is 3.92 Å². The van der Waals surface area contributed by atoms with E-state index in [4.69, 9.17) is 5.11 Å². The van der Waals surface area contributed by atoms with Crippen molar-refractivity contribution in [1.82, 2.24) is 10.2 Å². The molecule has 14 heavy (non-hydrogen) atoms. The summed E-state index contributed by atoms with van der Waals surface area (Å²) in [6, 6.07) is 0. The zero-order valence-electron chi connectivity index (χ0n) is 7.18. The molecule has 0 spiro atoms. The molecule has 0 aliphatic carbocycles. The van der Waals surface area contributed by atoms with Gasteiger partial charge in [0.05, 0.1) is 0 Å². The number of hydrogen-bond acceptors (Lipinski definition) is 5. The Bertz CT molecular complexity index is 356. The maximum atomic E-state index is 11.5. The molecule has 0 radical (unpaired) electrons. The number of carbonyl (C=O) groups excluding carboxylic acids is 1. The third-order valence-corrected chi connectivity index (χ3v) is 3.46. The van der Waals surface area contributed by atoms with E-state index in [-0.39, 0.29) is 18.4 Å². The number of carbonyl (C=O) groups is 1. The lowest BCUT2D eigenvalue weighted by Crippen LogP contribution is -2.24. The summed E-state index contributed by atoms with van der Waals surface area (Å²) in [5, 5.41) is 17.2. The summed E-state index contributed by atoms with van der Waals surface area (Å²) in [6.07, 6.45) is 0.397. The second kappa shape index (κ2) is 3.92.